The fourth-order valence-electron chi connectivity index (χ4n) is 2.23. The summed E-state index contributed by atoms with van der Waals surface area (Å²) in [6.07, 6.45) is 0. The van der Waals surface area contributed by atoms with Crippen LogP contribution in [-0.4, -0.2) is 15.2 Å². The highest BCUT2D eigenvalue weighted by Crippen LogP contribution is 2.30. The van der Waals surface area contributed by atoms with Gasteiger partial charge in [0.25, 0.3) is 5.89 Å². The molecule has 4 aromatic rings. The molecule has 6 heteroatoms. The topological polar surface area (TPSA) is 61.0 Å². The molecule has 0 fully saturated rings. The average molecular weight is 323 g/mol. The van der Waals surface area contributed by atoms with Crippen LogP contribution in [0.4, 0.5) is 0 Å². The monoisotopic (exact) mass is 323 g/mol. The summed E-state index contributed by atoms with van der Waals surface area (Å²) in [5.41, 5.74) is 2.10. The van der Waals surface area contributed by atoms with Crippen molar-refractivity contribution in [3.8, 4) is 16.3 Å². The lowest BCUT2D eigenvalue weighted by molar-refractivity contribution is 0.260. The van der Waals surface area contributed by atoms with Gasteiger partial charge in [0, 0.05) is 12.5 Å². The first-order chi connectivity index (χ1) is 11.3. The Morgan fingerprint density at radius 1 is 1.04 bits per heavy atom. The quantitative estimate of drug-likeness (QED) is 0.562. The maximum atomic E-state index is 5.64. The van der Waals surface area contributed by atoms with Gasteiger partial charge in [-0.1, -0.05) is 12.1 Å². The van der Waals surface area contributed by atoms with Crippen LogP contribution >= 0.6 is 11.3 Å². The van der Waals surface area contributed by atoms with Crippen molar-refractivity contribution in [1.29, 1.82) is 0 Å². The highest BCUT2D eigenvalue weighted by atomic mass is 32.1. The number of thiazole rings is 1. The predicted molar refractivity (Wildman–Crippen MR) is 88.4 cm³/mol. The van der Waals surface area contributed by atoms with Crippen LogP contribution in [0.5, 0.6) is 5.75 Å². The zero-order chi connectivity index (χ0) is 15.6. The van der Waals surface area contributed by atoms with Crippen LogP contribution in [-0.2, 0) is 6.61 Å². The van der Waals surface area contributed by atoms with Crippen molar-refractivity contribution in [3.63, 3.8) is 0 Å². The summed E-state index contributed by atoms with van der Waals surface area (Å²) in [6, 6.07) is 16.0. The molecule has 0 aliphatic rings. The first-order valence-corrected chi connectivity index (χ1v) is 7.97. The van der Waals surface area contributed by atoms with Crippen molar-refractivity contribution in [3.05, 3.63) is 60.3 Å². The Morgan fingerprint density at radius 3 is 2.61 bits per heavy atom. The van der Waals surface area contributed by atoms with E-state index in [9.17, 15) is 0 Å². The van der Waals surface area contributed by atoms with Crippen molar-refractivity contribution in [2.75, 3.05) is 0 Å². The van der Waals surface area contributed by atoms with Gasteiger partial charge >= 0.3 is 0 Å². The zero-order valence-corrected chi connectivity index (χ0v) is 13.2. The Morgan fingerprint density at radius 2 is 1.87 bits per heavy atom. The zero-order valence-electron chi connectivity index (χ0n) is 12.4. The molecule has 0 aliphatic carbocycles. The number of nitrogens with zero attached hydrogens (tertiary/aromatic N) is 3. The van der Waals surface area contributed by atoms with Gasteiger partial charge in [-0.15, -0.1) is 21.5 Å². The van der Waals surface area contributed by atoms with E-state index in [1.54, 1.807) is 18.3 Å². The Labute approximate surface area is 136 Å². The SMILES string of the molecule is Cc1nnc(COc2ccc(-c3nc4ccccc4s3)cc2)o1. The number of ether oxygens (including phenoxy) is 1. The second-order valence-electron chi connectivity index (χ2n) is 5.01. The fraction of sp³-hybridized carbons (Fsp3) is 0.118. The Balaban J connectivity index is 1.51. The van der Waals surface area contributed by atoms with Crippen LogP contribution in [0.1, 0.15) is 11.8 Å². The highest BCUT2D eigenvalue weighted by Gasteiger charge is 2.07. The number of aryl methyl sites for hydroxylation is 1. The summed E-state index contributed by atoms with van der Waals surface area (Å²) >= 11 is 1.68. The molecule has 5 nitrogen and oxygen atoms in total. The third-order valence-electron chi connectivity index (χ3n) is 3.33. The number of hydrogen-bond acceptors (Lipinski definition) is 6. The van der Waals surface area contributed by atoms with E-state index in [0.717, 1.165) is 21.8 Å². The number of benzene rings is 2. The fourth-order valence-corrected chi connectivity index (χ4v) is 3.20. The molecule has 114 valence electrons. The lowest BCUT2D eigenvalue weighted by atomic mass is 10.2. The summed E-state index contributed by atoms with van der Waals surface area (Å²) in [5.74, 6) is 1.76. The Hall–Kier alpha value is -2.73. The van der Waals surface area contributed by atoms with Crippen molar-refractivity contribution in [1.82, 2.24) is 15.2 Å². The minimum Gasteiger partial charge on any atom is -0.484 e. The van der Waals surface area contributed by atoms with E-state index in [0.29, 0.717) is 11.8 Å². The van der Waals surface area contributed by atoms with E-state index in [1.807, 2.05) is 42.5 Å². The average Bonchev–Trinajstić information content (AvgIpc) is 3.19. The minimum absolute atomic E-state index is 0.265. The number of hydrogen-bond donors (Lipinski definition) is 0. The van der Waals surface area contributed by atoms with Gasteiger partial charge in [0.1, 0.15) is 10.8 Å². The van der Waals surface area contributed by atoms with Crippen LogP contribution < -0.4 is 4.74 Å². The molecule has 0 aliphatic heterocycles. The number of fused-ring (bicyclic) bond motifs is 1. The standard InChI is InChI=1S/C17H13N3O2S/c1-11-19-20-16(22-11)10-21-13-8-6-12(7-9-13)17-18-14-4-2-3-5-15(14)23-17/h2-9H,10H2,1H3. The van der Waals surface area contributed by atoms with E-state index in [2.05, 4.69) is 21.2 Å². The molecular formula is C17H13N3O2S. The molecule has 0 saturated carbocycles. The van der Waals surface area contributed by atoms with Gasteiger partial charge in [-0.05, 0) is 36.4 Å². The Bertz CT molecular complexity index is 911. The van der Waals surface area contributed by atoms with Gasteiger partial charge in [0.15, 0.2) is 6.61 Å². The van der Waals surface area contributed by atoms with E-state index < -0.39 is 0 Å². The molecule has 4 rings (SSSR count). The molecule has 0 amide bonds. The third kappa shape index (κ3) is 2.93. The van der Waals surface area contributed by atoms with Crippen LogP contribution in [0, 0.1) is 6.92 Å². The van der Waals surface area contributed by atoms with Crippen molar-refractivity contribution < 1.29 is 9.15 Å². The first-order valence-electron chi connectivity index (χ1n) is 7.16. The second kappa shape index (κ2) is 5.81. The largest absolute Gasteiger partial charge is 0.484 e. The van der Waals surface area contributed by atoms with Gasteiger partial charge in [-0.2, -0.15) is 0 Å². The lowest BCUT2D eigenvalue weighted by Crippen LogP contribution is -1.95. The minimum atomic E-state index is 0.265. The molecule has 0 radical (unpaired) electrons. The molecule has 23 heavy (non-hydrogen) atoms. The number of para-hydroxylation sites is 1. The summed E-state index contributed by atoms with van der Waals surface area (Å²) in [4.78, 5) is 4.65. The molecule has 0 N–H and O–H groups in total. The van der Waals surface area contributed by atoms with E-state index in [-0.39, 0.29) is 6.61 Å². The molecule has 0 unspecified atom stereocenters. The van der Waals surface area contributed by atoms with Crippen LogP contribution in [0.3, 0.4) is 0 Å². The normalized spacial score (nSPS) is 11.0. The number of rotatable bonds is 4. The second-order valence-corrected chi connectivity index (χ2v) is 6.05. The van der Waals surface area contributed by atoms with Crippen LogP contribution in [0.15, 0.2) is 52.9 Å². The molecule has 2 aromatic heterocycles. The molecule has 2 heterocycles. The lowest BCUT2D eigenvalue weighted by Gasteiger charge is -2.03. The predicted octanol–water partition coefficient (Wildman–Crippen LogP) is 4.23. The van der Waals surface area contributed by atoms with E-state index >= 15 is 0 Å². The molecular weight excluding hydrogens is 310 g/mol. The van der Waals surface area contributed by atoms with Gasteiger partial charge in [0.2, 0.25) is 5.89 Å². The Kier molecular flexibility index (Phi) is 3.51. The third-order valence-corrected chi connectivity index (χ3v) is 4.41. The molecule has 0 atom stereocenters. The summed E-state index contributed by atoms with van der Waals surface area (Å²) in [6.45, 7) is 2.02. The first kappa shape index (κ1) is 13.9. The highest BCUT2D eigenvalue weighted by molar-refractivity contribution is 7.21. The molecule has 2 aromatic carbocycles. The molecule has 0 saturated heterocycles. The number of aromatic nitrogens is 3. The van der Waals surface area contributed by atoms with Crippen LogP contribution in [0.2, 0.25) is 0 Å². The maximum Gasteiger partial charge on any atom is 0.253 e. The maximum absolute atomic E-state index is 5.64. The van der Waals surface area contributed by atoms with Crippen molar-refractivity contribution in [2.45, 2.75) is 13.5 Å². The molecule has 0 bridgehead atoms. The smallest absolute Gasteiger partial charge is 0.253 e. The summed E-state index contributed by atoms with van der Waals surface area (Å²) in [5, 5.41) is 8.68. The van der Waals surface area contributed by atoms with E-state index in [1.165, 1.54) is 4.70 Å². The van der Waals surface area contributed by atoms with E-state index in [4.69, 9.17) is 9.15 Å². The summed E-state index contributed by atoms with van der Waals surface area (Å²) in [7, 11) is 0. The van der Waals surface area contributed by atoms with Gasteiger partial charge in [-0.25, -0.2) is 4.98 Å². The van der Waals surface area contributed by atoms with Gasteiger partial charge in [0.05, 0.1) is 10.2 Å². The summed E-state index contributed by atoms with van der Waals surface area (Å²) < 4.78 is 12.1. The van der Waals surface area contributed by atoms with Gasteiger partial charge < -0.3 is 9.15 Å². The molecule has 0 spiro atoms. The van der Waals surface area contributed by atoms with Gasteiger partial charge in [-0.3, -0.25) is 0 Å². The van der Waals surface area contributed by atoms with Crippen molar-refractivity contribution in [2.24, 2.45) is 0 Å². The van der Waals surface area contributed by atoms with Crippen molar-refractivity contribution >= 4 is 21.6 Å². The van der Waals surface area contributed by atoms with Crippen LogP contribution in [0.25, 0.3) is 20.8 Å².